The van der Waals surface area contributed by atoms with Gasteiger partial charge in [0.15, 0.2) is 0 Å². The van der Waals surface area contributed by atoms with Crippen molar-refractivity contribution in [3.8, 4) is 0 Å². The van der Waals surface area contributed by atoms with E-state index in [0.29, 0.717) is 0 Å². The van der Waals surface area contributed by atoms with Crippen LogP contribution in [-0.4, -0.2) is 49.7 Å². The van der Waals surface area contributed by atoms with Crippen molar-refractivity contribution in [2.75, 3.05) is 0 Å². The van der Waals surface area contributed by atoms with Gasteiger partial charge in [-0.05, 0) is 0 Å². The summed E-state index contributed by atoms with van der Waals surface area (Å²) in [5.74, 6) is -8.32. The van der Waals surface area contributed by atoms with Crippen molar-refractivity contribution in [2.45, 2.75) is 12.0 Å². The number of carbonyl (C=O) groups is 4. The second-order valence-electron chi connectivity index (χ2n) is 2.37. The summed E-state index contributed by atoms with van der Waals surface area (Å²) in [7, 11) is 0. The van der Waals surface area contributed by atoms with Gasteiger partial charge in [-0.1, -0.05) is 0 Å². The highest BCUT2D eigenvalue weighted by Gasteiger charge is 2.49. The van der Waals surface area contributed by atoms with E-state index >= 15 is 0 Å². The molecule has 0 aliphatic carbocycles. The van der Waals surface area contributed by atoms with Crippen LogP contribution in [0.4, 0.5) is 0 Å². The van der Waals surface area contributed by atoms with Crippen LogP contribution in [0.5, 0.6) is 0 Å². The van der Waals surface area contributed by atoms with E-state index in [-0.39, 0.29) is 0 Å². The first kappa shape index (κ1) is 12.0. The average molecular weight is 206 g/mol. The van der Waals surface area contributed by atoms with Crippen LogP contribution >= 0.6 is 0 Å². The van der Waals surface area contributed by atoms with Crippen LogP contribution in [0.15, 0.2) is 0 Å². The molecule has 0 bridgehead atoms. The Morgan fingerprint density at radius 1 is 1.00 bits per heavy atom. The van der Waals surface area contributed by atoms with Crippen molar-refractivity contribution in [3.63, 3.8) is 0 Å². The van der Waals surface area contributed by atoms with E-state index in [1.165, 1.54) is 0 Å². The van der Waals surface area contributed by atoms with Gasteiger partial charge in [0.25, 0.3) is 5.78 Å². The molecule has 0 aliphatic rings. The maximum atomic E-state index is 10.6. The number of rotatable bonds is 5. The van der Waals surface area contributed by atoms with E-state index in [4.69, 9.17) is 20.4 Å². The highest BCUT2D eigenvalue weighted by Crippen LogP contribution is 2.12. The summed E-state index contributed by atoms with van der Waals surface area (Å²) in [6, 6.07) is 0. The fraction of sp³-hybridized carbons (Fsp3) is 0.333. The minimum absolute atomic E-state index is 1.51. The molecule has 0 spiro atoms. The standard InChI is InChI=1S/C6H6O8/c7-2(8)1-6(14,5(12)13)3(9)4(10)11/h14H,1H2,(H,7,8)(H,10,11)(H,12,13). The van der Waals surface area contributed by atoms with Gasteiger partial charge in [-0.25, -0.2) is 9.59 Å². The summed E-state index contributed by atoms with van der Waals surface area (Å²) in [5.41, 5.74) is -3.42. The predicted octanol–water partition coefficient (Wildman–Crippen LogP) is -2.07. The van der Waals surface area contributed by atoms with Gasteiger partial charge >= 0.3 is 17.9 Å². The molecule has 0 saturated carbocycles. The molecule has 0 fully saturated rings. The summed E-state index contributed by atoms with van der Waals surface area (Å²) >= 11 is 0. The van der Waals surface area contributed by atoms with Crippen molar-refractivity contribution in [1.29, 1.82) is 0 Å². The molecule has 0 radical (unpaired) electrons. The number of hydrogen-bond acceptors (Lipinski definition) is 5. The Hall–Kier alpha value is -1.96. The molecule has 0 aliphatic heterocycles. The molecule has 14 heavy (non-hydrogen) atoms. The second kappa shape index (κ2) is 3.83. The second-order valence-corrected chi connectivity index (χ2v) is 2.37. The highest BCUT2D eigenvalue weighted by molar-refractivity contribution is 6.41. The van der Waals surface area contributed by atoms with Crippen LogP contribution in [0.2, 0.25) is 0 Å². The summed E-state index contributed by atoms with van der Waals surface area (Å²) in [4.78, 5) is 41.1. The number of aliphatic carboxylic acids is 3. The molecule has 8 nitrogen and oxygen atoms in total. The Balaban J connectivity index is 5.10. The molecule has 0 amide bonds. The van der Waals surface area contributed by atoms with Crippen molar-refractivity contribution < 1.29 is 39.6 Å². The molecule has 0 aromatic heterocycles. The van der Waals surface area contributed by atoms with Gasteiger partial charge in [0.2, 0.25) is 5.60 Å². The normalized spacial score (nSPS) is 14.1. The lowest BCUT2D eigenvalue weighted by Gasteiger charge is -2.16. The number of hydrogen-bond donors (Lipinski definition) is 4. The summed E-state index contributed by atoms with van der Waals surface area (Å²) < 4.78 is 0. The first-order valence-electron chi connectivity index (χ1n) is 3.17. The quantitative estimate of drug-likeness (QED) is 0.296. The zero-order valence-corrected chi connectivity index (χ0v) is 6.63. The molecule has 78 valence electrons. The van der Waals surface area contributed by atoms with Crippen LogP contribution in [0, 0.1) is 0 Å². The third-order valence-electron chi connectivity index (χ3n) is 1.33. The summed E-state index contributed by atoms with van der Waals surface area (Å²) in [5, 5.41) is 33.6. The smallest absolute Gasteiger partial charge is 0.376 e. The molecular weight excluding hydrogens is 200 g/mol. The van der Waals surface area contributed by atoms with Gasteiger partial charge < -0.3 is 20.4 Å². The Morgan fingerprint density at radius 3 is 1.64 bits per heavy atom. The molecular formula is C6H6O8. The third kappa shape index (κ3) is 2.26. The monoisotopic (exact) mass is 206 g/mol. The van der Waals surface area contributed by atoms with Gasteiger partial charge in [0, 0.05) is 0 Å². The molecule has 0 saturated heterocycles. The van der Waals surface area contributed by atoms with Crippen molar-refractivity contribution in [3.05, 3.63) is 0 Å². The lowest BCUT2D eigenvalue weighted by Crippen LogP contribution is -2.51. The van der Waals surface area contributed by atoms with E-state index < -0.39 is 35.7 Å². The number of aliphatic hydroxyl groups is 1. The molecule has 1 atom stereocenters. The van der Waals surface area contributed by atoms with Gasteiger partial charge in [0.1, 0.15) is 0 Å². The Bertz CT molecular complexity index is 305. The van der Waals surface area contributed by atoms with Gasteiger partial charge in [-0.15, -0.1) is 0 Å². The minimum Gasteiger partial charge on any atom is -0.481 e. The fourth-order valence-corrected chi connectivity index (χ4v) is 0.649. The number of Topliss-reactive ketones (excluding diaryl/α,β-unsaturated/α-hetero) is 1. The lowest BCUT2D eigenvalue weighted by molar-refractivity contribution is -0.176. The van der Waals surface area contributed by atoms with E-state index in [9.17, 15) is 19.2 Å². The molecule has 0 heterocycles. The van der Waals surface area contributed by atoms with E-state index in [0.717, 1.165) is 0 Å². The summed E-state index contributed by atoms with van der Waals surface area (Å²) in [6.45, 7) is 0. The highest BCUT2D eigenvalue weighted by atomic mass is 16.4. The summed E-state index contributed by atoms with van der Waals surface area (Å²) in [6.07, 6.45) is -1.51. The average Bonchev–Trinajstić information content (AvgIpc) is 2.00. The van der Waals surface area contributed by atoms with Crippen LogP contribution < -0.4 is 0 Å². The van der Waals surface area contributed by atoms with Crippen LogP contribution in [0.1, 0.15) is 6.42 Å². The topological polar surface area (TPSA) is 149 Å². The number of carbonyl (C=O) groups excluding carboxylic acids is 1. The first-order valence-corrected chi connectivity index (χ1v) is 3.17. The zero-order valence-electron chi connectivity index (χ0n) is 6.63. The lowest BCUT2D eigenvalue weighted by atomic mass is 9.94. The zero-order chi connectivity index (χ0) is 11.5. The molecule has 8 heteroatoms. The van der Waals surface area contributed by atoms with Crippen molar-refractivity contribution in [2.24, 2.45) is 0 Å². The largest absolute Gasteiger partial charge is 0.481 e. The molecule has 0 aromatic carbocycles. The Kier molecular flexibility index (Phi) is 3.30. The molecule has 0 aromatic rings. The SMILES string of the molecule is O=C(O)CC(O)(C(=O)O)C(=O)C(=O)O. The van der Waals surface area contributed by atoms with Crippen molar-refractivity contribution >= 4 is 23.7 Å². The molecule has 1 unspecified atom stereocenters. The molecule has 0 rings (SSSR count). The third-order valence-corrected chi connectivity index (χ3v) is 1.33. The Morgan fingerprint density at radius 2 is 1.43 bits per heavy atom. The van der Waals surface area contributed by atoms with Crippen LogP contribution in [0.25, 0.3) is 0 Å². The number of carboxylic acid groups (broad SMARTS) is 3. The van der Waals surface area contributed by atoms with Gasteiger partial charge in [0.05, 0.1) is 6.42 Å². The van der Waals surface area contributed by atoms with Gasteiger partial charge in [-0.2, -0.15) is 0 Å². The number of ketones is 1. The fourth-order valence-electron chi connectivity index (χ4n) is 0.649. The Labute approximate surface area is 76.4 Å². The maximum absolute atomic E-state index is 10.6. The first-order chi connectivity index (χ1) is 6.21. The van der Waals surface area contributed by atoms with Crippen molar-refractivity contribution in [1.82, 2.24) is 0 Å². The van der Waals surface area contributed by atoms with Crippen LogP contribution in [0.3, 0.4) is 0 Å². The number of carboxylic acids is 3. The predicted molar refractivity (Wildman–Crippen MR) is 37.5 cm³/mol. The van der Waals surface area contributed by atoms with E-state index in [1.807, 2.05) is 0 Å². The van der Waals surface area contributed by atoms with E-state index in [2.05, 4.69) is 0 Å². The van der Waals surface area contributed by atoms with Crippen LogP contribution in [-0.2, 0) is 19.2 Å². The van der Waals surface area contributed by atoms with E-state index in [1.54, 1.807) is 0 Å². The maximum Gasteiger partial charge on any atom is 0.376 e. The van der Waals surface area contributed by atoms with Gasteiger partial charge in [-0.3, -0.25) is 9.59 Å². The minimum atomic E-state index is -3.42. The molecule has 4 N–H and O–H groups in total.